The number of piperidine rings is 1. The Morgan fingerprint density at radius 3 is 2.95 bits per heavy atom. The van der Waals surface area contributed by atoms with Gasteiger partial charge in [-0.25, -0.2) is 9.97 Å². The van der Waals surface area contributed by atoms with Gasteiger partial charge in [0.2, 0.25) is 5.75 Å². The Hall–Kier alpha value is -1.56. The molecule has 6 heteroatoms. The molecule has 0 aliphatic carbocycles. The second-order valence-electron chi connectivity index (χ2n) is 5.68. The van der Waals surface area contributed by atoms with Crippen molar-refractivity contribution in [1.82, 2.24) is 14.9 Å². The maximum absolute atomic E-state index is 5.57. The number of rotatable bonds is 6. The molecule has 1 saturated heterocycles. The van der Waals surface area contributed by atoms with Gasteiger partial charge in [0.15, 0.2) is 11.6 Å². The first kappa shape index (κ1) is 15.8. The number of ether oxygens (including phenoxy) is 1. The van der Waals surface area contributed by atoms with Crippen molar-refractivity contribution < 1.29 is 4.74 Å². The van der Waals surface area contributed by atoms with Crippen LogP contribution in [0.2, 0.25) is 0 Å². The molecule has 6 nitrogen and oxygen atoms in total. The Morgan fingerprint density at radius 1 is 1.48 bits per heavy atom. The van der Waals surface area contributed by atoms with E-state index in [1.54, 1.807) is 13.4 Å². The molecule has 0 spiro atoms. The number of hydrogen-bond acceptors (Lipinski definition) is 6. The van der Waals surface area contributed by atoms with Crippen LogP contribution in [-0.2, 0) is 0 Å². The lowest BCUT2D eigenvalue weighted by Gasteiger charge is -2.36. The summed E-state index contributed by atoms with van der Waals surface area (Å²) < 4.78 is 5.57. The van der Waals surface area contributed by atoms with Crippen LogP contribution in [0.4, 0.5) is 11.6 Å². The van der Waals surface area contributed by atoms with Gasteiger partial charge in [-0.3, -0.25) is 0 Å². The van der Waals surface area contributed by atoms with Crippen LogP contribution in [0.1, 0.15) is 26.2 Å². The summed E-state index contributed by atoms with van der Waals surface area (Å²) in [6.07, 6.45) is 5.07. The predicted molar refractivity (Wildman–Crippen MR) is 86.3 cm³/mol. The van der Waals surface area contributed by atoms with Crippen molar-refractivity contribution in [2.75, 3.05) is 51.1 Å². The van der Waals surface area contributed by atoms with Crippen LogP contribution in [0.15, 0.2) is 6.33 Å². The van der Waals surface area contributed by atoms with E-state index >= 15 is 0 Å². The number of aromatic nitrogens is 2. The highest BCUT2D eigenvalue weighted by atomic mass is 16.5. The van der Waals surface area contributed by atoms with Gasteiger partial charge >= 0.3 is 0 Å². The van der Waals surface area contributed by atoms with Gasteiger partial charge in [-0.1, -0.05) is 6.92 Å². The van der Waals surface area contributed by atoms with E-state index in [-0.39, 0.29) is 0 Å². The van der Waals surface area contributed by atoms with Gasteiger partial charge in [0.1, 0.15) is 6.33 Å². The zero-order valence-corrected chi connectivity index (χ0v) is 13.6. The third-order valence-electron chi connectivity index (χ3n) is 4.01. The molecule has 1 unspecified atom stereocenters. The third-order valence-corrected chi connectivity index (χ3v) is 4.01. The van der Waals surface area contributed by atoms with Crippen molar-refractivity contribution in [2.45, 2.75) is 32.2 Å². The molecule has 1 aliphatic rings. The molecule has 1 aromatic rings. The fourth-order valence-electron chi connectivity index (χ4n) is 2.80. The van der Waals surface area contributed by atoms with Crippen molar-refractivity contribution >= 4 is 11.6 Å². The first-order valence-electron chi connectivity index (χ1n) is 7.71. The van der Waals surface area contributed by atoms with Crippen LogP contribution in [0.25, 0.3) is 0 Å². The summed E-state index contributed by atoms with van der Waals surface area (Å²) in [5, 5.41) is 3.31. The highest BCUT2D eigenvalue weighted by Gasteiger charge is 2.25. The minimum Gasteiger partial charge on any atom is -0.490 e. The molecule has 0 aromatic carbocycles. The minimum atomic E-state index is 0.464. The molecule has 0 bridgehead atoms. The Labute approximate surface area is 127 Å². The normalized spacial score (nSPS) is 19.3. The lowest BCUT2D eigenvalue weighted by molar-refractivity contribution is 0.246. The first-order valence-corrected chi connectivity index (χ1v) is 7.71. The number of methoxy groups -OCH3 is 1. The van der Waals surface area contributed by atoms with E-state index in [1.807, 2.05) is 0 Å². The van der Waals surface area contributed by atoms with Gasteiger partial charge in [-0.05, 0) is 32.9 Å². The Balaban J connectivity index is 2.21. The Kier molecular flexibility index (Phi) is 5.61. The molecule has 21 heavy (non-hydrogen) atoms. The van der Waals surface area contributed by atoms with Crippen LogP contribution in [-0.4, -0.2) is 61.7 Å². The quantitative estimate of drug-likeness (QED) is 0.864. The molecule has 1 aromatic heterocycles. The summed E-state index contributed by atoms with van der Waals surface area (Å²) in [6.45, 7) is 5.24. The molecule has 2 heterocycles. The highest BCUT2D eigenvalue weighted by Crippen LogP contribution is 2.33. The Morgan fingerprint density at radius 2 is 2.29 bits per heavy atom. The van der Waals surface area contributed by atoms with Crippen molar-refractivity contribution in [3.05, 3.63) is 6.33 Å². The topological polar surface area (TPSA) is 53.5 Å². The fourth-order valence-corrected chi connectivity index (χ4v) is 2.80. The molecule has 1 aliphatic heterocycles. The number of nitrogens with one attached hydrogen (secondary N) is 1. The van der Waals surface area contributed by atoms with Crippen molar-refractivity contribution in [2.24, 2.45) is 0 Å². The van der Waals surface area contributed by atoms with Gasteiger partial charge in [-0.15, -0.1) is 0 Å². The minimum absolute atomic E-state index is 0.464. The lowest BCUT2D eigenvalue weighted by atomic mass is 10.1. The summed E-state index contributed by atoms with van der Waals surface area (Å²) in [7, 11) is 5.95. The first-order chi connectivity index (χ1) is 10.2. The fraction of sp³-hybridized carbons (Fsp3) is 0.733. The molecule has 0 saturated carbocycles. The largest absolute Gasteiger partial charge is 0.490 e. The van der Waals surface area contributed by atoms with Crippen LogP contribution in [0.3, 0.4) is 0 Å². The molecule has 118 valence electrons. The maximum atomic E-state index is 5.57. The second-order valence-corrected chi connectivity index (χ2v) is 5.68. The van der Waals surface area contributed by atoms with Crippen molar-refractivity contribution in [1.29, 1.82) is 0 Å². The van der Waals surface area contributed by atoms with Crippen molar-refractivity contribution in [3.63, 3.8) is 0 Å². The molecule has 1 fully saturated rings. The number of likely N-dealkylation sites (tertiary alicyclic amines) is 1. The standard InChI is InChI=1S/C15H27N5O/c1-5-8-16-14-13(21-4)15(18-11-17-14)20(3)12-7-6-9-19(2)10-12/h11-12H,5-10H2,1-4H3,(H,16,17,18). The molecule has 0 amide bonds. The van der Waals surface area contributed by atoms with E-state index in [1.165, 1.54) is 19.4 Å². The van der Waals surface area contributed by atoms with Gasteiger partial charge < -0.3 is 19.9 Å². The average molecular weight is 293 g/mol. The number of anilines is 2. The Bertz CT molecular complexity index is 454. The molecule has 2 rings (SSSR count). The van der Waals surface area contributed by atoms with Gasteiger partial charge in [-0.2, -0.15) is 0 Å². The van der Waals surface area contributed by atoms with Crippen LogP contribution < -0.4 is 15.0 Å². The van der Waals surface area contributed by atoms with E-state index in [2.05, 4.69) is 46.1 Å². The zero-order valence-electron chi connectivity index (χ0n) is 13.6. The summed E-state index contributed by atoms with van der Waals surface area (Å²) >= 11 is 0. The summed E-state index contributed by atoms with van der Waals surface area (Å²) in [4.78, 5) is 13.4. The molecule has 1 N–H and O–H groups in total. The van der Waals surface area contributed by atoms with E-state index in [0.29, 0.717) is 6.04 Å². The number of likely N-dealkylation sites (N-methyl/N-ethyl adjacent to an activating group) is 2. The summed E-state index contributed by atoms with van der Waals surface area (Å²) in [6, 6.07) is 0.464. The van der Waals surface area contributed by atoms with E-state index in [4.69, 9.17) is 4.74 Å². The van der Waals surface area contributed by atoms with Gasteiger partial charge in [0.05, 0.1) is 7.11 Å². The van der Waals surface area contributed by atoms with E-state index in [0.717, 1.165) is 36.9 Å². The number of hydrogen-bond donors (Lipinski definition) is 1. The summed E-state index contributed by atoms with van der Waals surface area (Å²) in [5.74, 6) is 2.38. The van der Waals surface area contributed by atoms with Crippen LogP contribution >= 0.6 is 0 Å². The zero-order chi connectivity index (χ0) is 15.2. The maximum Gasteiger partial charge on any atom is 0.204 e. The van der Waals surface area contributed by atoms with Gasteiger partial charge in [0, 0.05) is 26.2 Å². The van der Waals surface area contributed by atoms with Gasteiger partial charge in [0.25, 0.3) is 0 Å². The lowest BCUT2D eigenvalue weighted by Crippen LogP contribution is -2.45. The predicted octanol–water partition coefficient (Wildman–Crippen LogP) is 1.84. The second kappa shape index (κ2) is 7.45. The molecule has 1 atom stereocenters. The molecular weight excluding hydrogens is 266 g/mol. The third kappa shape index (κ3) is 3.75. The van der Waals surface area contributed by atoms with Crippen LogP contribution in [0, 0.1) is 0 Å². The average Bonchev–Trinajstić information content (AvgIpc) is 2.51. The van der Waals surface area contributed by atoms with E-state index in [9.17, 15) is 0 Å². The SMILES string of the molecule is CCCNc1ncnc(N(C)C2CCCN(C)C2)c1OC. The molecular formula is C15H27N5O. The monoisotopic (exact) mass is 293 g/mol. The highest BCUT2D eigenvalue weighted by molar-refractivity contribution is 5.64. The summed E-state index contributed by atoms with van der Waals surface area (Å²) in [5.41, 5.74) is 0. The van der Waals surface area contributed by atoms with E-state index < -0.39 is 0 Å². The van der Waals surface area contributed by atoms with Crippen LogP contribution in [0.5, 0.6) is 5.75 Å². The number of nitrogens with zero attached hydrogens (tertiary/aromatic N) is 4. The van der Waals surface area contributed by atoms with Crippen molar-refractivity contribution in [3.8, 4) is 5.75 Å². The molecule has 0 radical (unpaired) electrons. The smallest absolute Gasteiger partial charge is 0.204 e.